The third-order valence-corrected chi connectivity index (χ3v) is 5.92. The Morgan fingerprint density at radius 1 is 1.23 bits per heavy atom. The van der Waals surface area contributed by atoms with Gasteiger partial charge < -0.3 is 14.6 Å². The van der Waals surface area contributed by atoms with Crippen molar-refractivity contribution >= 4 is 29.4 Å². The highest BCUT2D eigenvalue weighted by molar-refractivity contribution is 5.97. The predicted octanol–water partition coefficient (Wildman–Crippen LogP) is 4.76. The van der Waals surface area contributed by atoms with E-state index in [1.165, 1.54) is 12.1 Å². The lowest BCUT2D eigenvalue weighted by atomic mass is 10.00. The number of nitrogens with zero attached hydrogens (tertiary/aromatic N) is 2. The minimum absolute atomic E-state index is 0. The molecular formula is C23H25ClFN3O2. The molecule has 0 atom stereocenters. The molecule has 1 aliphatic heterocycles. The number of hydrogen-bond donors (Lipinski definition) is 1. The molecule has 3 aromatic rings. The summed E-state index contributed by atoms with van der Waals surface area (Å²) in [5.74, 6) is 0.400. The Balaban J connectivity index is 0.00000218. The first-order valence-electron chi connectivity index (χ1n) is 10.2. The van der Waals surface area contributed by atoms with E-state index in [0.29, 0.717) is 29.3 Å². The largest absolute Gasteiger partial charge is 0.449 e. The predicted molar refractivity (Wildman–Crippen MR) is 117 cm³/mol. The monoisotopic (exact) mass is 429 g/mol. The lowest BCUT2D eigenvalue weighted by Crippen LogP contribution is -2.59. The smallest absolute Gasteiger partial charge is 0.290 e. The fraction of sp³-hybridized carbons (Fsp3) is 0.391. The van der Waals surface area contributed by atoms with Crippen molar-refractivity contribution in [3.8, 4) is 11.3 Å². The average molecular weight is 430 g/mol. The van der Waals surface area contributed by atoms with Gasteiger partial charge in [0, 0.05) is 36.8 Å². The number of aromatic nitrogens is 1. The number of pyridine rings is 1. The average Bonchev–Trinajstić information content (AvgIpc) is 3.45. The van der Waals surface area contributed by atoms with Crippen molar-refractivity contribution in [1.29, 1.82) is 0 Å². The minimum atomic E-state index is -0.277. The highest BCUT2D eigenvalue weighted by atomic mass is 35.5. The first-order chi connectivity index (χ1) is 13.9. The van der Waals surface area contributed by atoms with E-state index in [-0.39, 0.29) is 29.7 Å². The van der Waals surface area contributed by atoms with E-state index in [4.69, 9.17) is 9.40 Å². The van der Waals surface area contributed by atoms with Gasteiger partial charge in [-0.05, 0) is 62.9 Å². The first kappa shape index (κ1) is 20.8. The van der Waals surface area contributed by atoms with Gasteiger partial charge in [-0.25, -0.2) is 9.37 Å². The summed E-state index contributed by atoms with van der Waals surface area (Å²) in [6.07, 6.45) is 2.22. The molecule has 1 saturated carbocycles. The summed E-state index contributed by atoms with van der Waals surface area (Å²) in [7, 11) is 0. The van der Waals surface area contributed by atoms with E-state index in [1.54, 1.807) is 18.2 Å². The molecule has 1 amide bonds. The number of benzene rings is 1. The van der Waals surface area contributed by atoms with Gasteiger partial charge in [0.2, 0.25) is 0 Å². The number of rotatable bonds is 3. The number of carbonyl (C=O) groups excluding carboxylic acids is 1. The number of halogens is 2. The number of piperazine rings is 1. The Labute approximate surface area is 181 Å². The summed E-state index contributed by atoms with van der Waals surface area (Å²) in [6.45, 7) is 6.28. The van der Waals surface area contributed by atoms with E-state index in [9.17, 15) is 9.18 Å². The molecule has 2 aromatic heterocycles. The minimum Gasteiger partial charge on any atom is -0.449 e. The van der Waals surface area contributed by atoms with Gasteiger partial charge in [-0.3, -0.25) is 4.79 Å². The zero-order valence-electron chi connectivity index (χ0n) is 17.1. The Morgan fingerprint density at radius 2 is 1.97 bits per heavy atom. The number of nitrogens with one attached hydrogen (secondary N) is 1. The van der Waals surface area contributed by atoms with Crippen molar-refractivity contribution in [3.05, 3.63) is 53.5 Å². The van der Waals surface area contributed by atoms with Crippen molar-refractivity contribution in [2.45, 2.75) is 38.1 Å². The summed E-state index contributed by atoms with van der Waals surface area (Å²) in [5, 5.41) is 3.34. The quantitative estimate of drug-likeness (QED) is 0.652. The molecule has 5 rings (SSSR count). The zero-order chi connectivity index (χ0) is 20.2. The van der Waals surface area contributed by atoms with Gasteiger partial charge in [-0.15, -0.1) is 12.4 Å². The maximum Gasteiger partial charge on any atom is 0.290 e. The summed E-state index contributed by atoms with van der Waals surface area (Å²) in [4.78, 5) is 19.8. The molecule has 1 aromatic carbocycles. The van der Waals surface area contributed by atoms with Crippen LogP contribution in [0.2, 0.25) is 0 Å². The van der Waals surface area contributed by atoms with Gasteiger partial charge in [0.1, 0.15) is 11.3 Å². The van der Waals surface area contributed by atoms with Crippen LogP contribution in [-0.2, 0) is 0 Å². The van der Waals surface area contributed by atoms with Crippen LogP contribution >= 0.6 is 12.4 Å². The molecule has 0 spiro atoms. The zero-order valence-corrected chi connectivity index (χ0v) is 17.9. The molecule has 1 aliphatic carbocycles. The molecule has 7 heteroatoms. The van der Waals surface area contributed by atoms with E-state index >= 15 is 0 Å². The van der Waals surface area contributed by atoms with Gasteiger partial charge in [-0.1, -0.05) is 0 Å². The molecular weight excluding hydrogens is 405 g/mol. The second kappa shape index (κ2) is 7.67. The van der Waals surface area contributed by atoms with Crippen LogP contribution < -0.4 is 5.32 Å². The van der Waals surface area contributed by atoms with Gasteiger partial charge in [-0.2, -0.15) is 0 Å². The summed E-state index contributed by atoms with van der Waals surface area (Å²) >= 11 is 0. The van der Waals surface area contributed by atoms with Crippen LogP contribution in [0.5, 0.6) is 0 Å². The van der Waals surface area contributed by atoms with E-state index < -0.39 is 0 Å². The van der Waals surface area contributed by atoms with Crippen molar-refractivity contribution < 1.29 is 13.6 Å². The van der Waals surface area contributed by atoms with Crippen LogP contribution in [0.1, 0.15) is 48.7 Å². The topological polar surface area (TPSA) is 58.4 Å². The van der Waals surface area contributed by atoms with Crippen molar-refractivity contribution in [2.24, 2.45) is 0 Å². The number of hydrogen-bond acceptors (Lipinski definition) is 4. The third kappa shape index (κ3) is 3.70. The Bertz CT molecular complexity index is 1090. The fourth-order valence-corrected chi connectivity index (χ4v) is 4.11. The molecule has 5 nitrogen and oxygen atoms in total. The van der Waals surface area contributed by atoms with E-state index in [1.807, 2.05) is 11.0 Å². The second-order valence-corrected chi connectivity index (χ2v) is 8.65. The molecule has 3 heterocycles. The molecule has 2 aliphatic rings. The number of fused-ring (bicyclic) bond motifs is 1. The van der Waals surface area contributed by atoms with Crippen molar-refractivity contribution in [3.63, 3.8) is 0 Å². The summed E-state index contributed by atoms with van der Waals surface area (Å²) < 4.78 is 19.4. The second-order valence-electron chi connectivity index (χ2n) is 8.65. The van der Waals surface area contributed by atoms with Crippen LogP contribution in [0.25, 0.3) is 22.4 Å². The number of amides is 1. The van der Waals surface area contributed by atoms with Gasteiger partial charge in [0.25, 0.3) is 5.91 Å². The number of carbonyl (C=O) groups is 1. The standard InChI is InChI=1S/C23H24FN3O2.ClH/c1-23(2)13-25-9-10-27(23)22(28)20-12-19-21(29-20)17(14-3-4-14)11-18(26-19)15-5-7-16(24)8-6-15;/h5-8,11-12,14,25H,3-4,9-10,13H2,1-2H3;1H. The van der Waals surface area contributed by atoms with Crippen molar-refractivity contribution in [2.75, 3.05) is 19.6 Å². The van der Waals surface area contributed by atoms with Gasteiger partial charge >= 0.3 is 0 Å². The lowest BCUT2D eigenvalue weighted by molar-refractivity contribution is 0.0448. The molecule has 0 bridgehead atoms. The Kier molecular flexibility index (Phi) is 5.32. The molecule has 158 valence electrons. The third-order valence-electron chi connectivity index (χ3n) is 5.92. The molecule has 1 N–H and O–H groups in total. The van der Waals surface area contributed by atoms with Gasteiger partial charge in [0.15, 0.2) is 11.3 Å². The fourth-order valence-electron chi connectivity index (χ4n) is 4.11. The molecule has 1 saturated heterocycles. The first-order valence-corrected chi connectivity index (χ1v) is 10.2. The van der Waals surface area contributed by atoms with Crippen LogP contribution in [0, 0.1) is 5.82 Å². The lowest BCUT2D eigenvalue weighted by Gasteiger charge is -2.42. The normalized spacial score (nSPS) is 18.3. The van der Waals surface area contributed by atoms with Crippen LogP contribution in [-0.4, -0.2) is 41.0 Å². The molecule has 2 fully saturated rings. The summed E-state index contributed by atoms with van der Waals surface area (Å²) in [5.41, 5.74) is 3.84. The number of furan rings is 1. The van der Waals surface area contributed by atoms with Crippen LogP contribution in [0.3, 0.4) is 0 Å². The summed E-state index contributed by atoms with van der Waals surface area (Å²) in [6, 6.07) is 10.1. The van der Waals surface area contributed by atoms with Crippen molar-refractivity contribution in [1.82, 2.24) is 15.2 Å². The highest BCUT2D eigenvalue weighted by Crippen LogP contribution is 2.44. The van der Waals surface area contributed by atoms with Gasteiger partial charge in [0.05, 0.1) is 11.2 Å². The highest BCUT2D eigenvalue weighted by Gasteiger charge is 2.36. The molecule has 0 unspecified atom stereocenters. The maximum absolute atomic E-state index is 13.3. The van der Waals surface area contributed by atoms with Crippen LogP contribution in [0.4, 0.5) is 4.39 Å². The molecule has 30 heavy (non-hydrogen) atoms. The van der Waals surface area contributed by atoms with Crippen LogP contribution in [0.15, 0.2) is 40.8 Å². The SMILES string of the molecule is CC1(C)CNCCN1C(=O)c1cc2nc(-c3ccc(F)cc3)cc(C3CC3)c2o1.Cl. The van der Waals surface area contributed by atoms with E-state index in [0.717, 1.165) is 42.8 Å². The Morgan fingerprint density at radius 3 is 2.63 bits per heavy atom. The maximum atomic E-state index is 13.3. The Hall–Kier alpha value is -2.44. The van der Waals surface area contributed by atoms with E-state index in [2.05, 4.69) is 19.2 Å². The molecule has 0 radical (unpaired) electrons.